The molecule has 59 valence electrons. The van der Waals surface area contributed by atoms with Crippen LogP contribution in [0.2, 0.25) is 0 Å². The summed E-state index contributed by atoms with van der Waals surface area (Å²) in [4.78, 5) is 11.1. The first-order chi connectivity index (χ1) is 5.34. The maximum absolute atomic E-state index is 11.1. The van der Waals surface area contributed by atoms with E-state index >= 15 is 0 Å². The van der Waals surface area contributed by atoms with E-state index < -0.39 is 0 Å². The van der Waals surface area contributed by atoms with Crippen molar-refractivity contribution >= 4 is 18.5 Å². The Labute approximate surface area is 73.2 Å². The van der Waals surface area contributed by atoms with Gasteiger partial charge in [-0.3, -0.25) is 4.79 Å². The second kappa shape index (κ2) is 4.65. The lowest BCUT2D eigenvalue weighted by Crippen LogP contribution is -2.29. The van der Waals surface area contributed by atoms with Crippen LogP contribution in [0.3, 0.4) is 0 Å². The first kappa shape index (κ1) is 8.91. The van der Waals surface area contributed by atoms with Gasteiger partial charge in [-0.1, -0.05) is 0 Å². The summed E-state index contributed by atoms with van der Waals surface area (Å²) in [7, 11) is 0. The van der Waals surface area contributed by atoms with Gasteiger partial charge in [0.1, 0.15) is 0 Å². The zero-order valence-corrected chi connectivity index (χ0v) is 6.97. The van der Waals surface area contributed by atoms with Crippen molar-refractivity contribution in [2.24, 2.45) is 0 Å². The Hall–Kier alpha value is -0.180. The van der Waals surface area contributed by atoms with E-state index in [4.69, 9.17) is 0 Å². The SMILES string of the molecule is O=C(NCCS)[C]1[CH][CH][CH][CH]1. The number of hydrogen-bond acceptors (Lipinski definition) is 2. The highest BCUT2D eigenvalue weighted by molar-refractivity contribution is 7.80. The third-order valence-electron chi connectivity index (χ3n) is 1.32. The van der Waals surface area contributed by atoms with Crippen molar-refractivity contribution in [3.8, 4) is 0 Å². The maximum atomic E-state index is 11.1. The van der Waals surface area contributed by atoms with Gasteiger partial charge in [0.2, 0.25) is 5.91 Å². The fourth-order valence-electron chi connectivity index (χ4n) is 0.797. The highest BCUT2D eigenvalue weighted by atomic mass is 32.1. The van der Waals surface area contributed by atoms with Crippen molar-refractivity contribution in [3.63, 3.8) is 0 Å². The quantitative estimate of drug-likeness (QED) is 0.588. The number of carbonyl (C=O) groups excluding carboxylic acids is 1. The number of carbonyl (C=O) groups is 1. The van der Waals surface area contributed by atoms with Crippen LogP contribution in [0.5, 0.6) is 0 Å². The summed E-state index contributed by atoms with van der Waals surface area (Å²) < 4.78 is 0. The summed E-state index contributed by atoms with van der Waals surface area (Å²) in [5.74, 6) is 1.36. The van der Waals surface area contributed by atoms with E-state index in [0.29, 0.717) is 18.2 Å². The predicted molar refractivity (Wildman–Crippen MR) is 47.3 cm³/mol. The van der Waals surface area contributed by atoms with E-state index in [-0.39, 0.29) is 5.91 Å². The summed E-state index contributed by atoms with van der Waals surface area (Å²) in [6, 6.07) is 0. The molecule has 1 saturated carbocycles. The Bertz CT molecular complexity index is 132. The van der Waals surface area contributed by atoms with Crippen LogP contribution in [0.15, 0.2) is 0 Å². The Morgan fingerprint density at radius 2 is 2.09 bits per heavy atom. The highest BCUT2D eigenvalue weighted by Crippen LogP contribution is 2.22. The van der Waals surface area contributed by atoms with E-state index in [1.165, 1.54) is 0 Å². The van der Waals surface area contributed by atoms with Gasteiger partial charge in [0.25, 0.3) is 0 Å². The van der Waals surface area contributed by atoms with Gasteiger partial charge in [-0.05, 0) is 25.7 Å². The average Bonchev–Trinajstić information content (AvgIpc) is 2.52. The third kappa shape index (κ3) is 2.73. The lowest BCUT2D eigenvalue weighted by atomic mass is 10.1. The van der Waals surface area contributed by atoms with Crippen molar-refractivity contribution in [3.05, 3.63) is 31.6 Å². The first-order valence-corrected chi connectivity index (χ1v) is 4.08. The predicted octanol–water partition coefficient (Wildman–Crippen LogP) is 0.438. The van der Waals surface area contributed by atoms with Crippen molar-refractivity contribution < 1.29 is 4.79 Å². The van der Waals surface area contributed by atoms with Crippen LogP contribution in [0.1, 0.15) is 0 Å². The normalized spacial score (nSPS) is 18.6. The van der Waals surface area contributed by atoms with E-state index in [1.54, 1.807) is 12.8 Å². The Morgan fingerprint density at radius 3 is 2.64 bits per heavy atom. The minimum atomic E-state index is -0.0240. The van der Waals surface area contributed by atoms with Crippen LogP contribution in [-0.4, -0.2) is 18.2 Å². The zero-order valence-electron chi connectivity index (χ0n) is 6.08. The number of hydrogen-bond donors (Lipinski definition) is 2. The molecule has 1 amide bonds. The van der Waals surface area contributed by atoms with Gasteiger partial charge < -0.3 is 5.32 Å². The van der Waals surface area contributed by atoms with Crippen LogP contribution < -0.4 is 5.32 Å². The molecule has 5 radical (unpaired) electrons. The molecular formula is C8H10NOS. The average molecular weight is 168 g/mol. The first-order valence-electron chi connectivity index (χ1n) is 3.45. The largest absolute Gasteiger partial charge is 0.355 e. The van der Waals surface area contributed by atoms with Crippen LogP contribution in [0.4, 0.5) is 0 Å². The van der Waals surface area contributed by atoms with Gasteiger partial charge in [-0.2, -0.15) is 12.6 Å². The molecule has 0 unspecified atom stereocenters. The van der Waals surface area contributed by atoms with Gasteiger partial charge in [-0.25, -0.2) is 0 Å². The summed E-state index contributed by atoms with van der Waals surface area (Å²) in [6.45, 7) is 0.618. The van der Waals surface area contributed by atoms with Crippen LogP contribution in [-0.2, 0) is 4.79 Å². The van der Waals surface area contributed by atoms with E-state index in [2.05, 4.69) is 17.9 Å². The second-order valence-corrected chi connectivity index (χ2v) is 2.60. The van der Waals surface area contributed by atoms with E-state index in [9.17, 15) is 4.79 Å². The lowest BCUT2D eigenvalue weighted by Gasteiger charge is -2.06. The molecule has 0 atom stereocenters. The maximum Gasteiger partial charge on any atom is 0.227 e. The van der Waals surface area contributed by atoms with Crippen molar-refractivity contribution in [2.45, 2.75) is 0 Å². The van der Waals surface area contributed by atoms with Gasteiger partial charge >= 0.3 is 0 Å². The molecule has 3 heteroatoms. The van der Waals surface area contributed by atoms with E-state index in [0.717, 1.165) is 0 Å². The van der Waals surface area contributed by atoms with Gasteiger partial charge in [0.15, 0.2) is 0 Å². The number of nitrogens with one attached hydrogen (secondary N) is 1. The Morgan fingerprint density at radius 1 is 1.45 bits per heavy atom. The van der Waals surface area contributed by atoms with Crippen LogP contribution in [0, 0.1) is 31.6 Å². The molecule has 0 saturated heterocycles. The smallest absolute Gasteiger partial charge is 0.227 e. The third-order valence-corrected chi connectivity index (χ3v) is 1.55. The number of rotatable bonds is 3. The zero-order chi connectivity index (χ0) is 8.10. The summed E-state index contributed by atoms with van der Waals surface area (Å²) >= 11 is 3.98. The molecule has 2 nitrogen and oxygen atoms in total. The standard InChI is InChI=1S/C8H10NOS/c10-8(9-5-6-11)7-3-1-2-4-7/h1-4,11H,5-6H2,(H,9,10). The van der Waals surface area contributed by atoms with E-state index in [1.807, 2.05) is 12.8 Å². The van der Waals surface area contributed by atoms with Crippen molar-refractivity contribution in [2.75, 3.05) is 12.3 Å². The van der Waals surface area contributed by atoms with Crippen molar-refractivity contribution in [1.29, 1.82) is 0 Å². The summed E-state index contributed by atoms with van der Waals surface area (Å²) in [6.07, 6.45) is 7.26. The van der Waals surface area contributed by atoms with Crippen LogP contribution in [0.25, 0.3) is 0 Å². The topological polar surface area (TPSA) is 29.1 Å². The molecule has 0 spiro atoms. The number of thiol groups is 1. The van der Waals surface area contributed by atoms with Crippen LogP contribution >= 0.6 is 12.6 Å². The molecule has 0 heterocycles. The Kier molecular flexibility index (Phi) is 3.77. The molecule has 0 aromatic carbocycles. The number of amides is 1. The highest BCUT2D eigenvalue weighted by Gasteiger charge is 2.23. The molecule has 1 fully saturated rings. The fraction of sp³-hybridized carbons (Fsp3) is 0.250. The fourth-order valence-corrected chi connectivity index (χ4v) is 0.909. The molecule has 0 aliphatic heterocycles. The molecule has 0 aromatic heterocycles. The molecule has 11 heavy (non-hydrogen) atoms. The summed E-state index contributed by atoms with van der Waals surface area (Å²) in [5, 5.41) is 2.72. The monoisotopic (exact) mass is 168 g/mol. The summed E-state index contributed by atoms with van der Waals surface area (Å²) in [5.41, 5.74) is 0. The molecule has 0 aromatic rings. The van der Waals surface area contributed by atoms with Gasteiger partial charge in [-0.15, -0.1) is 0 Å². The molecule has 0 bridgehead atoms. The second-order valence-electron chi connectivity index (χ2n) is 2.15. The Balaban J connectivity index is 2.17. The molecule has 1 rings (SSSR count). The molecule has 1 N–H and O–H groups in total. The minimum Gasteiger partial charge on any atom is -0.355 e. The van der Waals surface area contributed by atoms with Gasteiger partial charge in [0, 0.05) is 12.3 Å². The minimum absolute atomic E-state index is 0.0240. The molecule has 1 aliphatic rings. The van der Waals surface area contributed by atoms with Crippen molar-refractivity contribution in [1.82, 2.24) is 5.32 Å². The molecule has 1 aliphatic carbocycles. The van der Waals surface area contributed by atoms with Gasteiger partial charge in [0.05, 0.1) is 5.92 Å². The molecular weight excluding hydrogens is 158 g/mol. The lowest BCUT2D eigenvalue weighted by molar-refractivity contribution is -0.118.